The number of hydrogen-bond acceptors (Lipinski definition) is 3. The van der Waals surface area contributed by atoms with Gasteiger partial charge in [0.2, 0.25) is 0 Å². The van der Waals surface area contributed by atoms with Crippen molar-refractivity contribution >= 4 is 5.97 Å². The van der Waals surface area contributed by atoms with Crippen LogP contribution in [0.5, 0.6) is 0 Å². The minimum Gasteiger partial charge on any atom is -0.481 e. The molecular formula is C10H10N2O2. The first kappa shape index (κ1) is 10.2. The van der Waals surface area contributed by atoms with Gasteiger partial charge in [-0.1, -0.05) is 12.1 Å². The largest absolute Gasteiger partial charge is 0.481 e. The molecule has 0 radical (unpaired) electrons. The zero-order valence-electron chi connectivity index (χ0n) is 7.47. The van der Waals surface area contributed by atoms with E-state index in [2.05, 4.69) is 0 Å². The normalized spacial score (nSPS) is 11.7. The molecule has 3 N–H and O–H groups in total. The van der Waals surface area contributed by atoms with Gasteiger partial charge >= 0.3 is 5.97 Å². The van der Waals surface area contributed by atoms with Gasteiger partial charge in [-0.05, 0) is 17.7 Å². The highest BCUT2D eigenvalue weighted by molar-refractivity contribution is 5.76. The third-order valence-corrected chi connectivity index (χ3v) is 1.98. The third-order valence-electron chi connectivity index (χ3n) is 1.98. The fourth-order valence-electron chi connectivity index (χ4n) is 1.17. The predicted octanol–water partition coefficient (Wildman–Crippen LogP) is 0.685. The fourth-order valence-corrected chi connectivity index (χ4v) is 1.17. The van der Waals surface area contributed by atoms with E-state index >= 15 is 0 Å². The Kier molecular flexibility index (Phi) is 3.21. The Morgan fingerprint density at radius 1 is 1.50 bits per heavy atom. The summed E-state index contributed by atoms with van der Waals surface area (Å²) in [7, 11) is 0. The summed E-state index contributed by atoms with van der Waals surface area (Å²) < 4.78 is 0. The number of carboxylic acids is 1. The van der Waals surface area contributed by atoms with E-state index < -0.39 is 11.9 Å². The van der Waals surface area contributed by atoms with Gasteiger partial charge in [0.05, 0.1) is 17.6 Å². The molecule has 4 heteroatoms. The SMILES string of the molecule is N#Cc1ccc([C@@H](CN)C(=O)O)cc1. The smallest absolute Gasteiger partial charge is 0.312 e. The maximum absolute atomic E-state index is 10.7. The van der Waals surface area contributed by atoms with Gasteiger partial charge in [0.1, 0.15) is 0 Å². The van der Waals surface area contributed by atoms with Gasteiger partial charge in [-0.3, -0.25) is 4.79 Å². The topological polar surface area (TPSA) is 87.1 Å². The predicted molar refractivity (Wildman–Crippen MR) is 50.6 cm³/mol. The van der Waals surface area contributed by atoms with E-state index in [4.69, 9.17) is 16.1 Å². The summed E-state index contributed by atoms with van der Waals surface area (Å²) >= 11 is 0. The summed E-state index contributed by atoms with van der Waals surface area (Å²) in [4.78, 5) is 10.7. The number of aliphatic carboxylic acids is 1. The van der Waals surface area contributed by atoms with Crippen LogP contribution in [0.25, 0.3) is 0 Å². The van der Waals surface area contributed by atoms with E-state index in [0.717, 1.165) is 0 Å². The van der Waals surface area contributed by atoms with Crippen molar-refractivity contribution in [2.24, 2.45) is 5.73 Å². The molecule has 0 aromatic heterocycles. The van der Waals surface area contributed by atoms with E-state index in [9.17, 15) is 4.79 Å². The van der Waals surface area contributed by atoms with E-state index in [1.165, 1.54) is 0 Å². The first-order chi connectivity index (χ1) is 6.69. The van der Waals surface area contributed by atoms with Gasteiger partial charge in [-0.15, -0.1) is 0 Å². The van der Waals surface area contributed by atoms with Crippen molar-refractivity contribution in [3.63, 3.8) is 0 Å². The molecule has 1 aromatic carbocycles. The quantitative estimate of drug-likeness (QED) is 0.733. The van der Waals surface area contributed by atoms with Crippen LogP contribution >= 0.6 is 0 Å². The van der Waals surface area contributed by atoms with E-state index in [-0.39, 0.29) is 6.54 Å². The van der Waals surface area contributed by atoms with Gasteiger partial charge in [-0.2, -0.15) is 5.26 Å². The number of carbonyl (C=O) groups is 1. The number of nitriles is 1. The number of nitrogens with two attached hydrogens (primary N) is 1. The lowest BCUT2D eigenvalue weighted by Gasteiger charge is -2.09. The molecule has 1 rings (SSSR count). The fraction of sp³-hybridized carbons (Fsp3) is 0.200. The zero-order valence-corrected chi connectivity index (χ0v) is 7.47. The number of rotatable bonds is 3. The highest BCUT2D eigenvalue weighted by Crippen LogP contribution is 2.15. The zero-order chi connectivity index (χ0) is 10.6. The standard InChI is InChI=1S/C10H10N2O2/c11-5-7-1-3-8(4-2-7)9(6-12)10(13)14/h1-4,9H,6,12H2,(H,13,14)/t9-/m1/s1. The van der Waals surface area contributed by atoms with Crippen LogP contribution in [0.3, 0.4) is 0 Å². The number of benzene rings is 1. The molecule has 14 heavy (non-hydrogen) atoms. The lowest BCUT2D eigenvalue weighted by molar-refractivity contribution is -0.138. The summed E-state index contributed by atoms with van der Waals surface area (Å²) in [6.07, 6.45) is 0. The Morgan fingerprint density at radius 3 is 2.43 bits per heavy atom. The second kappa shape index (κ2) is 4.40. The van der Waals surface area contributed by atoms with Crippen molar-refractivity contribution in [1.29, 1.82) is 5.26 Å². The van der Waals surface area contributed by atoms with Crippen LogP contribution in [0.2, 0.25) is 0 Å². The molecule has 1 aromatic rings. The Balaban J connectivity index is 2.96. The van der Waals surface area contributed by atoms with Crippen LogP contribution in [0.1, 0.15) is 17.0 Å². The average molecular weight is 190 g/mol. The van der Waals surface area contributed by atoms with Crippen LogP contribution in [-0.2, 0) is 4.79 Å². The van der Waals surface area contributed by atoms with Gasteiger partial charge in [-0.25, -0.2) is 0 Å². The molecule has 4 nitrogen and oxygen atoms in total. The van der Waals surface area contributed by atoms with E-state index in [1.54, 1.807) is 24.3 Å². The molecule has 0 saturated heterocycles. The number of nitrogens with zero attached hydrogens (tertiary/aromatic N) is 1. The van der Waals surface area contributed by atoms with Gasteiger partial charge in [0, 0.05) is 6.54 Å². The van der Waals surface area contributed by atoms with Crippen LogP contribution in [0, 0.1) is 11.3 Å². The van der Waals surface area contributed by atoms with Crippen molar-refractivity contribution in [1.82, 2.24) is 0 Å². The Bertz CT molecular complexity index is 365. The molecule has 0 fully saturated rings. The third kappa shape index (κ3) is 2.09. The molecule has 0 aliphatic rings. The van der Waals surface area contributed by atoms with Crippen molar-refractivity contribution in [3.8, 4) is 6.07 Å². The van der Waals surface area contributed by atoms with Gasteiger partial charge < -0.3 is 10.8 Å². The molecule has 0 spiro atoms. The summed E-state index contributed by atoms with van der Waals surface area (Å²) in [5.74, 6) is -1.64. The summed E-state index contributed by atoms with van der Waals surface area (Å²) in [5.41, 5.74) is 6.46. The minimum atomic E-state index is -0.947. The van der Waals surface area contributed by atoms with E-state index in [0.29, 0.717) is 11.1 Å². The van der Waals surface area contributed by atoms with Crippen LogP contribution in [0.15, 0.2) is 24.3 Å². The van der Waals surface area contributed by atoms with Crippen molar-refractivity contribution in [2.75, 3.05) is 6.54 Å². The molecule has 1 atom stereocenters. The molecule has 0 heterocycles. The highest BCUT2D eigenvalue weighted by Gasteiger charge is 2.17. The summed E-state index contributed by atoms with van der Waals surface area (Å²) in [5, 5.41) is 17.4. The summed E-state index contributed by atoms with van der Waals surface area (Å²) in [6.45, 7) is 0.0568. The van der Waals surface area contributed by atoms with Crippen molar-refractivity contribution in [3.05, 3.63) is 35.4 Å². The molecule has 0 amide bonds. The monoisotopic (exact) mass is 190 g/mol. The first-order valence-corrected chi connectivity index (χ1v) is 4.12. The van der Waals surface area contributed by atoms with Gasteiger partial charge in [0.15, 0.2) is 0 Å². The van der Waals surface area contributed by atoms with E-state index in [1.807, 2.05) is 6.07 Å². The maximum Gasteiger partial charge on any atom is 0.312 e. The molecule has 72 valence electrons. The number of hydrogen-bond donors (Lipinski definition) is 2. The molecule has 0 bridgehead atoms. The average Bonchev–Trinajstić information content (AvgIpc) is 2.19. The maximum atomic E-state index is 10.7. The second-order valence-electron chi connectivity index (χ2n) is 2.86. The molecule has 0 aliphatic carbocycles. The lowest BCUT2D eigenvalue weighted by atomic mass is 9.98. The van der Waals surface area contributed by atoms with Crippen molar-refractivity contribution in [2.45, 2.75) is 5.92 Å². The van der Waals surface area contributed by atoms with Crippen LogP contribution < -0.4 is 5.73 Å². The Labute approximate surface area is 81.6 Å². The second-order valence-corrected chi connectivity index (χ2v) is 2.86. The molecule has 0 unspecified atom stereocenters. The highest BCUT2D eigenvalue weighted by atomic mass is 16.4. The molecule has 0 saturated carbocycles. The van der Waals surface area contributed by atoms with Crippen LogP contribution in [0.4, 0.5) is 0 Å². The van der Waals surface area contributed by atoms with Crippen molar-refractivity contribution < 1.29 is 9.90 Å². The first-order valence-electron chi connectivity index (χ1n) is 4.12. The Hall–Kier alpha value is -1.86. The minimum absolute atomic E-state index is 0.0568. The van der Waals surface area contributed by atoms with Crippen LogP contribution in [-0.4, -0.2) is 17.6 Å². The summed E-state index contributed by atoms with van der Waals surface area (Å²) in [6, 6.07) is 8.36. The lowest BCUT2D eigenvalue weighted by Crippen LogP contribution is -2.20. The number of carboxylic acid groups (broad SMARTS) is 1. The molecular weight excluding hydrogens is 180 g/mol. The molecule has 0 aliphatic heterocycles. The van der Waals surface area contributed by atoms with Gasteiger partial charge in [0.25, 0.3) is 0 Å². The Morgan fingerprint density at radius 2 is 2.07 bits per heavy atom.